The molecule has 12 heteroatoms. The van der Waals surface area contributed by atoms with Crippen molar-refractivity contribution in [2.24, 2.45) is 0 Å². The van der Waals surface area contributed by atoms with Gasteiger partial charge in [-0.1, -0.05) is 13.8 Å². The summed E-state index contributed by atoms with van der Waals surface area (Å²) in [5.74, 6) is 1.10. The van der Waals surface area contributed by atoms with Crippen LogP contribution in [0.3, 0.4) is 0 Å². The van der Waals surface area contributed by atoms with Crippen molar-refractivity contribution < 1.29 is 28.1 Å². The number of carbonyl (C=O) groups excluding carboxylic acids is 1. The molecule has 2 aromatic heterocycles. The summed E-state index contributed by atoms with van der Waals surface area (Å²) >= 11 is 0. The van der Waals surface area contributed by atoms with Gasteiger partial charge in [-0.3, -0.25) is 4.79 Å². The molecule has 3 heterocycles. The van der Waals surface area contributed by atoms with E-state index in [9.17, 15) is 9.18 Å². The van der Waals surface area contributed by atoms with Gasteiger partial charge in [0.25, 0.3) is 5.91 Å². The van der Waals surface area contributed by atoms with Crippen molar-refractivity contribution in [1.29, 1.82) is 0 Å². The maximum absolute atomic E-state index is 14.4. The Morgan fingerprint density at radius 1 is 1.00 bits per heavy atom. The van der Waals surface area contributed by atoms with Crippen molar-refractivity contribution in [3.8, 4) is 23.0 Å². The normalized spacial score (nSPS) is 13.2. The third-order valence-corrected chi connectivity index (χ3v) is 4.91. The molecule has 3 N–H and O–H groups in total. The molecular weight excluding hydrogens is 471 g/mol. The summed E-state index contributed by atoms with van der Waals surface area (Å²) in [5, 5.41) is 8.45. The van der Waals surface area contributed by atoms with Crippen LogP contribution in [0, 0.1) is 5.82 Å². The van der Waals surface area contributed by atoms with Crippen LogP contribution in [-0.2, 0) is 4.79 Å². The summed E-state index contributed by atoms with van der Waals surface area (Å²) < 4.78 is 36.1. The highest BCUT2D eigenvalue weighted by Crippen LogP contribution is 2.40. The standard InChI is InChI=1S/C22H23FN6O5.C2H6/c1-22(2)20(30)28-19-13(34-22)6-7-16(27-19)26-18-12(23)10-24-21(29-18)25-11-8-14(31-3)17(33-5)15(9-11)32-4;1-2/h6-10H,1-5H3,(H3,24,25,26,27,28,29,30);1-2H3. The number of aromatic nitrogens is 3. The van der Waals surface area contributed by atoms with Crippen molar-refractivity contribution in [3.63, 3.8) is 0 Å². The fraction of sp³-hybridized carbons (Fsp3) is 0.333. The van der Waals surface area contributed by atoms with Crippen LogP contribution in [0.1, 0.15) is 27.7 Å². The van der Waals surface area contributed by atoms with Gasteiger partial charge >= 0.3 is 0 Å². The van der Waals surface area contributed by atoms with Gasteiger partial charge in [-0.25, -0.2) is 14.4 Å². The SMILES string of the molecule is CC.COc1cc(Nc2ncc(F)c(Nc3ccc4c(n3)NC(=O)C(C)(C)O4)n2)cc(OC)c1OC. The number of rotatable bonds is 7. The van der Waals surface area contributed by atoms with Crippen LogP contribution in [0.4, 0.5) is 33.5 Å². The number of hydrogen-bond donors (Lipinski definition) is 3. The number of ether oxygens (including phenoxy) is 4. The molecule has 0 radical (unpaired) electrons. The van der Waals surface area contributed by atoms with E-state index in [0.717, 1.165) is 6.20 Å². The molecule has 36 heavy (non-hydrogen) atoms. The van der Waals surface area contributed by atoms with Gasteiger partial charge in [0.05, 0.1) is 27.5 Å². The lowest BCUT2D eigenvalue weighted by atomic mass is 10.1. The van der Waals surface area contributed by atoms with Crippen LogP contribution in [0.25, 0.3) is 0 Å². The highest BCUT2D eigenvalue weighted by atomic mass is 19.1. The van der Waals surface area contributed by atoms with Gasteiger partial charge in [0.1, 0.15) is 5.82 Å². The Balaban J connectivity index is 0.00000176. The minimum absolute atomic E-state index is 0.106. The zero-order valence-corrected chi connectivity index (χ0v) is 21.1. The average Bonchev–Trinajstić information content (AvgIpc) is 2.87. The Morgan fingerprint density at radius 3 is 2.28 bits per heavy atom. The van der Waals surface area contributed by atoms with Crippen molar-refractivity contribution in [3.05, 3.63) is 36.3 Å². The van der Waals surface area contributed by atoms with E-state index in [2.05, 4.69) is 30.9 Å². The fourth-order valence-corrected chi connectivity index (χ4v) is 3.19. The van der Waals surface area contributed by atoms with E-state index in [1.54, 1.807) is 38.1 Å². The molecule has 3 aromatic rings. The van der Waals surface area contributed by atoms with E-state index in [-0.39, 0.29) is 29.3 Å². The molecule has 0 saturated heterocycles. The van der Waals surface area contributed by atoms with E-state index in [0.29, 0.717) is 28.7 Å². The molecule has 192 valence electrons. The zero-order chi connectivity index (χ0) is 26.5. The van der Waals surface area contributed by atoms with E-state index >= 15 is 0 Å². The van der Waals surface area contributed by atoms with E-state index in [4.69, 9.17) is 18.9 Å². The number of anilines is 5. The number of nitrogens with one attached hydrogen (secondary N) is 3. The highest BCUT2D eigenvalue weighted by Gasteiger charge is 2.36. The van der Waals surface area contributed by atoms with Gasteiger partial charge < -0.3 is 34.9 Å². The molecule has 1 amide bonds. The Hall–Kier alpha value is -4.35. The van der Waals surface area contributed by atoms with Gasteiger partial charge in [0, 0.05) is 17.8 Å². The molecule has 0 unspecified atom stereocenters. The Labute approximate surface area is 208 Å². The molecular formula is C24H29FN6O5. The number of benzene rings is 1. The molecule has 1 aromatic carbocycles. The smallest absolute Gasteiger partial charge is 0.269 e. The maximum atomic E-state index is 14.4. The third kappa shape index (κ3) is 5.48. The first-order chi connectivity index (χ1) is 17.2. The average molecular weight is 501 g/mol. The summed E-state index contributed by atoms with van der Waals surface area (Å²) in [6.07, 6.45) is 1.02. The Kier molecular flexibility index (Phi) is 7.97. The predicted octanol–water partition coefficient (Wildman–Crippen LogP) is 4.66. The Morgan fingerprint density at radius 2 is 1.67 bits per heavy atom. The van der Waals surface area contributed by atoms with Crippen molar-refractivity contribution in [1.82, 2.24) is 15.0 Å². The van der Waals surface area contributed by atoms with Crippen LogP contribution in [0.2, 0.25) is 0 Å². The molecule has 0 fully saturated rings. The second-order valence-electron chi connectivity index (χ2n) is 7.66. The van der Waals surface area contributed by atoms with Crippen molar-refractivity contribution in [2.75, 3.05) is 37.3 Å². The lowest BCUT2D eigenvalue weighted by Gasteiger charge is -2.30. The number of halogens is 1. The van der Waals surface area contributed by atoms with Gasteiger partial charge in [0.15, 0.2) is 40.3 Å². The number of methoxy groups -OCH3 is 3. The van der Waals surface area contributed by atoms with Gasteiger partial charge in [-0.05, 0) is 26.0 Å². The number of amides is 1. The summed E-state index contributed by atoms with van der Waals surface area (Å²) in [5.41, 5.74) is -0.489. The number of fused-ring (bicyclic) bond motifs is 1. The van der Waals surface area contributed by atoms with Crippen LogP contribution in [-0.4, -0.2) is 47.8 Å². The molecule has 1 aliphatic heterocycles. The molecule has 11 nitrogen and oxygen atoms in total. The Bertz CT molecular complexity index is 1230. The van der Waals surface area contributed by atoms with Crippen LogP contribution < -0.4 is 34.9 Å². The summed E-state index contributed by atoms with van der Waals surface area (Å²) in [7, 11) is 4.50. The maximum Gasteiger partial charge on any atom is 0.269 e. The minimum atomic E-state index is -1.02. The molecule has 4 rings (SSSR count). The number of hydrogen-bond acceptors (Lipinski definition) is 10. The van der Waals surface area contributed by atoms with Gasteiger partial charge in [-0.2, -0.15) is 4.98 Å². The highest BCUT2D eigenvalue weighted by molar-refractivity contribution is 5.99. The predicted molar refractivity (Wildman–Crippen MR) is 134 cm³/mol. The first-order valence-electron chi connectivity index (χ1n) is 11.1. The van der Waals surface area contributed by atoms with Gasteiger partial charge in [-0.15, -0.1) is 0 Å². The lowest BCUT2D eigenvalue weighted by Crippen LogP contribution is -2.46. The molecule has 0 atom stereocenters. The number of pyridine rings is 1. The summed E-state index contributed by atoms with van der Waals surface area (Å²) in [6.45, 7) is 7.30. The first kappa shape index (κ1) is 26.3. The van der Waals surface area contributed by atoms with Crippen LogP contribution >= 0.6 is 0 Å². The van der Waals surface area contributed by atoms with Crippen molar-refractivity contribution >= 4 is 35.0 Å². The van der Waals surface area contributed by atoms with E-state index in [1.807, 2.05) is 13.8 Å². The second kappa shape index (κ2) is 10.9. The fourth-order valence-electron chi connectivity index (χ4n) is 3.19. The quantitative estimate of drug-likeness (QED) is 0.421. The molecule has 0 aliphatic carbocycles. The number of nitrogens with zero attached hydrogens (tertiary/aromatic N) is 3. The summed E-state index contributed by atoms with van der Waals surface area (Å²) in [4.78, 5) is 24.6. The molecule has 1 aliphatic rings. The first-order valence-corrected chi connectivity index (χ1v) is 11.1. The second-order valence-corrected chi connectivity index (χ2v) is 7.66. The van der Waals surface area contributed by atoms with Crippen LogP contribution in [0.15, 0.2) is 30.5 Å². The molecule has 0 bridgehead atoms. The minimum Gasteiger partial charge on any atom is -0.493 e. The van der Waals surface area contributed by atoms with Gasteiger partial charge in [0.2, 0.25) is 11.7 Å². The lowest BCUT2D eigenvalue weighted by molar-refractivity contribution is -0.129. The van der Waals surface area contributed by atoms with E-state index < -0.39 is 11.4 Å². The summed E-state index contributed by atoms with van der Waals surface area (Å²) in [6, 6.07) is 6.53. The topological polar surface area (TPSA) is 129 Å². The van der Waals surface area contributed by atoms with Crippen molar-refractivity contribution in [2.45, 2.75) is 33.3 Å². The zero-order valence-electron chi connectivity index (χ0n) is 21.1. The van der Waals surface area contributed by atoms with E-state index in [1.165, 1.54) is 21.3 Å². The monoisotopic (exact) mass is 500 g/mol. The molecule has 0 spiro atoms. The third-order valence-electron chi connectivity index (χ3n) is 4.91. The number of carbonyl (C=O) groups is 1. The largest absolute Gasteiger partial charge is 0.493 e. The molecule has 0 saturated carbocycles. The van der Waals surface area contributed by atoms with Crippen LogP contribution in [0.5, 0.6) is 23.0 Å².